The van der Waals surface area contributed by atoms with Gasteiger partial charge in [-0.2, -0.15) is 0 Å². The number of nitrogens with zero attached hydrogens (tertiary/aromatic N) is 1. The maximum absolute atomic E-state index is 12.6. The number of thioether (sulfide) groups is 1. The number of fused-ring (bicyclic) bond motifs is 1. The molecule has 0 N–H and O–H groups in total. The van der Waals surface area contributed by atoms with Crippen LogP contribution in [0.5, 0.6) is 0 Å². The summed E-state index contributed by atoms with van der Waals surface area (Å²) >= 11 is 4.15. The van der Waals surface area contributed by atoms with Gasteiger partial charge in [-0.15, -0.1) is 0 Å². The minimum atomic E-state index is -0.296. The number of carbonyl (C=O) groups is 2. The molecule has 2 aromatic carbocycles. The molecule has 2 amide bonds. The summed E-state index contributed by atoms with van der Waals surface area (Å²) in [4.78, 5) is 26.4. The average Bonchev–Trinajstić information content (AvgIpc) is 3.13. The number of furan rings is 1. The highest BCUT2D eigenvalue weighted by molar-refractivity contribution is 9.10. The van der Waals surface area contributed by atoms with Gasteiger partial charge in [-0.1, -0.05) is 36.4 Å². The fourth-order valence-electron chi connectivity index (χ4n) is 2.69. The number of hydrogen-bond acceptors (Lipinski definition) is 4. The van der Waals surface area contributed by atoms with E-state index in [2.05, 4.69) is 15.9 Å². The first-order valence-electron chi connectivity index (χ1n) is 7.58. The van der Waals surface area contributed by atoms with Crippen LogP contribution >= 0.6 is 27.7 Å². The van der Waals surface area contributed by atoms with Gasteiger partial charge in [0.15, 0.2) is 4.67 Å². The zero-order valence-electron chi connectivity index (χ0n) is 12.9. The predicted octanol–water partition coefficient (Wildman–Crippen LogP) is 5.43. The van der Waals surface area contributed by atoms with E-state index >= 15 is 0 Å². The van der Waals surface area contributed by atoms with E-state index in [1.807, 2.05) is 42.5 Å². The summed E-state index contributed by atoms with van der Waals surface area (Å²) in [5.74, 6) is 0.235. The van der Waals surface area contributed by atoms with Crippen LogP contribution in [0.2, 0.25) is 0 Å². The standard InChI is InChI=1S/C19H12BrNO3S/c20-17-8-7-15(24-17)10-16-18(22)21(19(23)25-16)11-12-5-6-13-3-1-2-4-14(13)9-12/h1-10H,11H2/b16-10-. The Labute approximate surface area is 156 Å². The summed E-state index contributed by atoms with van der Waals surface area (Å²) in [6.45, 7) is 0.259. The van der Waals surface area contributed by atoms with E-state index in [0.717, 1.165) is 28.1 Å². The summed E-state index contributed by atoms with van der Waals surface area (Å²) in [6.07, 6.45) is 1.59. The van der Waals surface area contributed by atoms with Crippen molar-refractivity contribution in [2.75, 3.05) is 0 Å². The third kappa shape index (κ3) is 3.27. The van der Waals surface area contributed by atoms with E-state index in [1.165, 1.54) is 4.90 Å². The molecule has 3 aromatic rings. The highest BCUT2D eigenvalue weighted by Crippen LogP contribution is 2.34. The summed E-state index contributed by atoms with van der Waals surface area (Å²) < 4.78 is 5.95. The molecule has 4 rings (SSSR count). The summed E-state index contributed by atoms with van der Waals surface area (Å²) in [5.41, 5.74) is 0.919. The molecule has 1 saturated heterocycles. The second-order valence-electron chi connectivity index (χ2n) is 5.59. The van der Waals surface area contributed by atoms with Crippen LogP contribution in [-0.2, 0) is 11.3 Å². The molecule has 6 heteroatoms. The first-order chi connectivity index (χ1) is 12.1. The van der Waals surface area contributed by atoms with Crippen molar-refractivity contribution in [2.45, 2.75) is 6.54 Å². The molecular formula is C19H12BrNO3S. The van der Waals surface area contributed by atoms with Crippen LogP contribution in [0.3, 0.4) is 0 Å². The lowest BCUT2D eigenvalue weighted by Gasteiger charge is -2.13. The Balaban J connectivity index is 1.58. The molecule has 0 unspecified atom stereocenters. The van der Waals surface area contributed by atoms with Gasteiger partial charge in [-0.25, -0.2) is 0 Å². The van der Waals surface area contributed by atoms with Crippen molar-refractivity contribution >= 4 is 55.7 Å². The molecule has 1 aliphatic rings. The van der Waals surface area contributed by atoms with Gasteiger partial charge in [0.1, 0.15) is 5.76 Å². The topological polar surface area (TPSA) is 50.5 Å². The van der Waals surface area contributed by atoms with Crippen molar-refractivity contribution in [3.8, 4) is 0 Å². The molecule has 25 heavy (non-hydrogen) atoms. The fraction of sp³-hybridized carbons (Fsp3) is 0.0526. The van der Waals surface area contributed by atoms with E-state index in [-0.39, 0.29) is 17.7 Å². The molecule has 0 spiro atoms. The lowest BCUT2D eigenvalue weighted by Crippen LogP contribution is -2.27. The first kappa shape index (κ1) is 16.2. The maximum atomic E-state index is 12.6. The first-order valence-corrected chi connectivity index (χ1v) is 9.19. The van der Waals surface area contributed by atoms with Crippen molar-refractivity contribution < 1.29 is 14.0 Å². The lowest BCUT2D eigenvalue weighted by molar-refractivity contribution is -0.123. The highest BCUT2D eigenvalue weighted by Gasteiger charge is 2.35. The van der Waals surface area contributed by atoms with Gasteiger partial charge in [-0.05, 0) is 62.2 Å². The Morgan fingerprint density at radius 1 is 1.04 bits per heavy atom. The number of imide groups is 1. The molecule has 2 heterocycles. The van der Waals surface area contributed by atoms with Crippen molar-refractivity contribution in [3.63, 3.8) is 0 Å². The maximum Gasteiger partial charge on any atom is 0.293 e. The number of benzene rings is 2. The van der Waals surface area contributed by atoms with Crippen molar-refractivity contribution in [1.82, 2.24) is 4.90 Å². The number of amides is 2. The smallest absolute Gasteiger partial charge is 0.293 e. The van der Waals surface area contributed by atoms with Gasteiger partial charge < -0.3 is 4.42 Å². The van der Waals surface area contributed by atoms with E-state index in [0.29, 0.717) is 15.3 Å². The number of halogens is 1. The third-order valence-electron chi connectivity index (χ3n) is 3.90. The normalized spacial score (nSPS) is 16.4. The Hall–Kier alpha value is -2.31. The molecule has 1 aromatic heterocycles. The van der Waals surface area contributed by atoms with Crippen LogP contribution < -0.4 is 0 Å². The monoisotopic (exact) mass is 413 g/mol. The van der Waals surface area contributed by atoms with Crippen LogP contribution in [0.25, 0.3) is 16.8 Å². The van der Waals surface area contributed by atoms with E-state index in [4.69, 9.17) is 4.42 Å². The minimum Gasteiger partial charge on any atom is -0.450 e. The Bertz CT molecular complexity index is 1020. The molecular weight excluding hydrogens is 402 g/mol. The summed E-state index contributed by atoms with van der Waals surface area (Å²) in [6, 6.07) is 17.4. The van der Waals surface area contributed by atoms with Crippen LogP contribution in [0, 0.1) is 0 Å². The lowest BCUT2D eigenvalue weighted by atomic mass is 10.1. The van der Waals surface area contributed by atoms with Gasteiger partial charge in [0.05, 0.1) is 11.4 Å². The van der Waals surface area contributed by atoms with Gasteiger partial charge >= 0.3 is 0 Å². The second kappa shape index (κ2) is 6.54. The molecule has 1 aliphatic heterocycles. The zero-order chi connectivity index (χ0) is 17.4. The van der Waals surface area contributed by atoms with Gasteiger partial charge in [0.2, 0.25) is 0 Å². The van der Waals surface area contributed by atoms with Gasteiger partial charge in [0, 0.05) is 6.08 Å². The minimum absolute atomic E-state index is 0.259. The molecule has 0 saturated carbocycles. The molecule has 1 fully saturated rings. The van der Waals surface area contributed by atoms with Crippen LogP contribution in [0.15, 0.2) is 68.6 Å². The third-order valence-corrected chi connectivity index (χ3v) is 5.23. The molecule has 0 aliphatic carbocycles. The largest absolute Gasteiger partial charge is 0.450 e. The van der Waals surface area contributed by atoms with Crippen molar-refractivity contribution in [3.05, 3.63) is 75.5 Å². The molecule has 0 bridgehead atoms. The van der Waals surface area contributed by atoms with E-state index in [1.54, 1.807) is 18.2 Å². The SMILES string of the molecule is O=C1S/C(=C\c2ccc(Br)o2)C(=O)N1Cc1ccc2ccccc2c1. The van der Waals surface area contributed by atoms with Crippen molar-refractivity contribution in [2.24, 2.45) is 0 Å². The van der Waals surface area contributed by atoms with E-state index < -0.39 is 0 Å². The van der Waals surface area contributed by atoms with E-state index in [9.17, 15) is 9.59 Å². The van der Waals surface area contributed by atoms with Crippen LogP contribution in [-0.4, -0.2) is 16.0 Å². The second-order valence-corrected chi connectivity index (χ2v) is 7.37. The molecule has 124 valence electrons. The zero-order valence-corrected chi connectivity index (χ0v) is 15.3. The Morgan fingerprint density at radius 3 is 2.60 bits per heavy atom. The molecule has 0 radical (unpaired) electrons. The molecule has 0 atom stereocenters. The summed E-state index contributed by atoms with van der Waals surface area (Å²) in [7, 11) is 0. The number of carbonyl (C=O) groups excluding carboxylic acids is 2. The fourth-order valence-corrected chi connectivity index (χ4v) is 3.83. The molecule has 4 nitrogen and oxygen atoms in total. The predicted molar refractivity (Wildman–Crippen MR) is 102 cm³/mol. The number of rotatable bonds is 3. The van der Waals surface area contributed by atoms with Gasteiger partial charge in [-0.3, -0.25) is 14.5 Å². The average molecular weight is 414 g/mol. The Kier molecular flexibility index (Phi) is 4.23. The van der Waals surface area contributed by atoms with Gasteiger partial charge in [0.25, 0.3) is 11.1 Å². The highest BCUT2D eigenvalue weighted by atomic mass is 79.9. The Morgan fingerprint density at radius 2 is 1.84 bits per heavy atom. The van der Waals surface area contributed by atoms with Crippen molar-refractivity contribution in [1.29, 1.82) is 0 Å². The number of hydrogen-bond donors (Lipinski definition) is 0. The quantitative estimate of drug-likeness (QED) is 0.537. The summed E-state index contributed by atoms with van der Waals surface area (Å²) in [5, 5.41) is 1.95. The van der Waals surface area contributed by atoms with Crippen LogP contribution in [0.4, 0.5) is 4.79 Å². The van der Waals surface area contributed by atoms with Crippen LogP contribution in [0.1, 0.15) is 11.3 Å².